The molecule has 0 radical (unpaired) electrons. The van der Waals surface area contributed by atoms with E-state index in [0.29, 0.717) is 0 Å². The molecule has 0 unspecified atom stereocenters. The SMILES string of the molecule is Cc1cc(C#N)c(S(=O)(=O)[O-])c(C#N)c1C#N.OB(O)O.[Li+]. The van der Waals surface area contributed by atoms with Gasteiger partial charge in [0.25, 0.3) is 0 Å². The van der Waals surface area contributed by atoms with E-state index in [0.717, 1.165) is 6.07 Å². The van der Waals surface area contributed by atoms with Crippen molar-refractivity contribution in [2.24, 2.45) is 0 Å². The van der Waals surface area contributed by atoms with E-state index >= 15 is 0 Å². The normalized spacial score (nSPS) is 9.00. The molecule has 0 aliphatic carbocycles. The van der Waals surface area contributed by atoms with Crippen LogP contribution in [0, 0.1) is 40.9 Å². The van der Waals surface area contributed by atoms with E-state index in [1.807, 2.05) is 0 Å². The van der Waals surface area contributed by atoms with Gasteiger partial charge in [-0.25, -0.2) is 8.42 Å². The Morgan fingerprint density at radius 1 is 1.09 bits per heavy atom. The molecule has 0 spiro atoms. The fourth-order valence-corrected chi connectivity index (χ4v) is 2.16. The molecule has 0 bridgehead atoms. The van der Waals surface area contributed by atoms with Gasteiger partial charge in [0.15, 0.2) is 0 Å². The number of aryl methyl sites for hydroxylation is 1. The summed E-state index contributed by atoms with van der Waals surface area (Å²) in [4.78, 5) is -0.926. The molecule has 9 nitrogen and oxygen atoms in total. The zero-order valence-electron chi connectivity index (χ0n) is 11.5. The van der Waals surface area contributed by atoms with Crippen molar-refractivity contribution in [2.75, 3.05) is 0 Å². The van der Waals surface area contributed by atoms with Crippen LogP contribution in [0.1, 0.15) is 22.3 Å². The Labute approximate surface area is 138 Å². The minimum absolute atomic E-state index is 0. The van der Waals surface area contributed by atoms with Gasteiger partial charge in [-0.1, -0.05) is 0 Å². The van der Waals surface area contributed by atoms with Crippen molar-refractivity contribution in [3.63, 3.8) is 0 Å². The Bertz CT molecular complexity index is 773. The van der Waals surface area contributed by atoms with Gasteiger partial charge in [0.1, 0.15) is 28.3 Å². The van der Waals surface area contributed by atoms with Crippen LogP contribution in [0.5, 0.6) is 0 Å². The zero-order chi connectivity index (χ0) is 16.8. The van der Waals surface area contributed by atoms with Gasteiger partial charge in [0, 0.05) is 0 Å². The molecule has 0 saturated heterocycles. The zero-order valence-corrected chi connectivity index (χ0v) is 12.3. The predicted octanol–water partition coefficient (Wildman–Crippen LogP) is -4.53. The molecule has 108 valence electrons. The number of hydrogen-bond acceptors (Lipinski definition) is 9. The average Bonchev–Trinajstić information content (AvgIpc) is 2.34. The van der Waals surface area contributed by atoms with E-state index < -0.39 is 33.5 Å². The maximum absolute atomic E-state index is 11.0. The molecular formula is C10H7BLiN3O6S. The van der Waals surface area contributed by atoms with Crippen LogP contribution >= 0.6 is 0 Å². The first kappa shape index (κ1) is 22.4. The van der Waals surface area contributed by atoms with Crippen molar-refractivity contribution in [1.29, 1.82) is 15.8 Å². The molecule has 0 aliphatic heterocycles. The first-order valence-corrected chi connectivity index (χ1v) is 6.39. The van der Waals surface area contributed by atoms with Gasteiger partial charge < -0.3 is 19.6 Å². The van der Waals surface area contributed by atoms with Gasteiger partial charge in [-0.15, -0.1) is 0 Å². The molecule has 0 aromatic heterocycles. The summed E-state index contributed by atoms with van der Waals surface area (Å²) in [6, 6.07) is 5.76. The summed E-state index contributed by atoms with van der Waals surface area (Å²) in [5.74, 6) is 0. The number of benzene rings is 1. The summed E-state index contributed by atoms with van der Waals surface area (Å²) in [7, 11) is -7.15. The third-order valence-electron chi connectivity index (χ3n) is 2.07. The van der Waals surface area contributed by atoms with Crippen LogP contribution in [0.25, 0.3) is 0 Å². The molecular weight excluding hydrogens is 308 g/mol. The molecule has 22 heavy (non-hydrogen) atoms. The Balaban J connectivity index is 0. The first-order valence-electron chi connectivity index (χ1n) is 4.98. The Morgan fingerprint density at radius 2 is 1.50 bits per heavy atom. The smallest absolute Gasteiger partial charge is 0.744 e. The number of rotatable bonds is 1. The van der Waals surface area contributed by atoms with E-state index in [4.69, 9.17) is 30.9 Å². The van der Waals surface area contributed by atoms with Crippen LogP contribution < -0.4 is 18.9 Å². The minimum Gasteiger partial charge on any atom is -0.744 e. The second kappa shape index (κ2) is 9.22. The van der Waals surface area contributed by atoms with E-state index in [1.54, 1.807) is 6.07 Å². The van der Waals surface area contributed by atoms with Crippen LogP contribution in [0.15, 0.2) is 11.0 Å². The summed E-state index contributed by atoms with van der Waals surface area (Å²) in [5, 5.41) is 47.9. The molecule has 0 atom stereocenters. The largest absolute Gasteiger partial charge is 1.00 e. The van der Waals surface area contributed by atoms with Gasteiger partial charge in [-0.3, -0.25) is 0 Å². The van der Waals surface area contributed by atoms with Crippen molar-refractivity contribution in [3.05, 3.63) is 28.3 Å². The minimum atomic E-state index is -4.98. The van der Waals surface area contributed by atoms with Crippen molar-refractivity contribution >= 4 is 17.4 Å². The fourth-order valence-electron chi connectivity index (χ4n) is 1.39. The fraction of sp³-hybridized carbons (Fsp3) is 0.100. The molecule has 0 saturated carbocycles. The average molecular weight is 315 g/mol. The van der Waals surface area contributed by atoms with Crippen LogP contribution in [0.4, 0.5) is 0 Å². The van der Waals surface area contributed by atoms with Crippen molar-refractivity contribution in [2.45, 2.75) is 11.8 Å². The summed E-state index contributed by atoms with van der Waals surface area (Å²) < 4.78 is 33.0. The second-order valence-corrected chi connectivity index (χ2v) is 4.77. The number of nitriles is 3. The van der Waals surface area contributed by atoms with Crippen molar-refractivity contribution in [3.8, 4) is 18.2 Å². The van der Waals surface area contributed by atoms with Crippen molar-refractivity contribution in [1.82, 2.24) is 0 Å². The topological polar surface area (TPSA) is 189 Å². The third-order valence-corrected chi connectivity index (χ3v) is 2.99. The summed E-state index contributed by atoms with van der Waals surface area (Å²) in [6.45, 7) is 1.45. The van der Waals surface area contributed by atoms with E-state index in [-0.39, 0.29) is 30.0 Å². The molecule has 1 aromatic rings. The maximum atomic E-state index is 11.0. The quantitative estimate of drug-likeness (QED) is 0.338. The van der Waals surface area contributed by atoms with Crippen molar-refractivity contribution < 1.29 is 46.9 Å². The Morgan fingerprint density at radius 3 is 1.77 bits per heavy atom. The van der Waals surface area contributed by atoms with Crippen LogP contribution in [0.2, 0.25) is 0 Å². The summed E-state index contributed by atoms with van der Waals surface area (Å²) in [5.41, 5.74) is -0.930. The van der Waals surface area contributed by atoms with Gasteiger partial charge in [-0.05, 0) is 18.6 Å². The molecule has 12 heteroatoms. The Hall–Kier alpha value is -1.86. The van der Waals surface area contributed by atoms with Crippen LogP contribution in [-0.2, 0) is 10.1 Å². The van der Waals surface area contributed by atoms with Gasteiger partial charge in [0.2, 0.25) is 0 Å². The third kappa shape index (κ3) is 5.87. The van der Waals surface area contributed by atoms with E-state index in [2.05, 4.69) is 0 Å². The molecule has 0 amide bonds. The van der Waals surface area contributed by atoms with Gasteiger partial charge in [0.05, 0.1) is 21.6 Å². The second-order valence-electron chi connectivity index (χ2n) is 3.46. The van der Waals surface area contributed by atoms with Gasteiger partial charge >= 0.3 is 26.2 Å². The summed E-state index contributed by atoms with van der Waals surface area (Å²) in [6.07, 6.45) is 0. The number of hydrogen-bond donors (Lipinski definition) is 3. The predicted molar refractivity (Wildman–Crippen MR) is 65.7 cm³/mol. The van der Waals surface area contributed by atoms with E-state index in [1.165, 1.54) is 19.1 Å². The van der Waals surface area contributed by atoms with Gasteiger partial charge in [-0.2, -0.15) is 15.8 Å². The maximum Gasteiger partial charge on any atom is 1.00 e. The van der Waals surface area contributed by atoms with Crippen LogP contribution in [-0.4, -0.2) is 35.4 Å². The molecule has 0 aliphatic rings. The molecule has 3 N–H and O–H groups in total. The molecule has 0 fully saturated rings. The van der Waals surface area contributed by atoms with Crippen LogP contribution in [0.3, 0.4) is 0 Å². The van der Waals surface area contributed by atoms with E-state index in [9.17, 15) is 13.0 Å². The standard InChI is InChI=1S/C10H5N3O3S.BH3O3.Li/c1-6-2-7(3-11)10(17(14,15)16)9(5-13)8(6)4-12;2-1(3)4;/h2H,1H3,(H,14,15,16);2-4H;/q;;+1/p-1. The summed E-state index contributed by atoms with van der Waals surface area (Å²) >= 11 is 0. The monoisotopic (exact) mass is 315 g/mol. The number of nitrogens with zero attached hydrogens (tertiary/aromatic N) is 3. The first-order chi connectivity index (χ1) is 9.59. The molecule has 0 heterocycles. The molecule has 1 rings (SSSR count). The Kier molecular flexibility index (Phi) is 9.40. The molecule has 1 aromatic carbocycles.